The number of hydrogen-bond acceptors (Lipinski definition) is 30. The Morgan fingerprint density at radius 1 is 0.753 bits per heavy atom. The third-order valence-corrected chi connectivity index (χ3v) is 19.7. The number of phosphoric acid groups is 3. The molecular formula is C41H52N16O24P4. The molecule has 1 amide bonds. The average Bonchev–Trinajstić information content (AvgIpc) is 4.51. The maximum atomic E-state index is 14.4. The summed E-state index contributed by atoms with van der Waals surface area (Å²) < 4.78 is 112. The number of anilines is 3. The number of nitrogen functional groups attached to an aromatic ring is 3. The summed E-state index contributed by atoms with van der Waals surface area (Å²) in [6.07, 6.45) is -13.4. The molecule has 0 bridgehead atoms. The molecule has 3 aliphatic heterocycles. The molecule has 0 aliphatic carbocycles. The maximum Gasteiger partial charge on any atom is 0.490 e. The lowest BCUT2D eigenvalue weighted by atomic mass is 9.99. The molecule has 3 saturated heterocycles. The van der Waals surface area contributed by atoms with E-state index in [9.17, 15) is 67.5 Å². The Morgan fingerprint density at radius 2 is 1.38 bits per heavy atom. The Balaban J connectivity index is 0.826. The first-order valence-corrected chi connectivity index (χ1v) is 30.8. The Morgan fingerprint density at radius 3 is 2.07 bits per heavy atom. The number of aryl methyl sites for hydroxylation is 1. The van der Waals surface area contributed by atoms with E-state index >= 15 is 0 Å². The number of carbonyl (C=O) groups excluding carboxylic acids is 1. The van der Waals surface area contributed by atoms with E-state index < -0.39 is 148 Å². The number of hydrogen-bond donors (Lipinski definition) is 12. The molecule has 40 nitrogen and oxygen atoms in total. The molecule has 0 radical (unpaired) electrons. The van der Waals surface area contributed by atoms with Crippen molar-refractivity contribution in [3.05, 3.63) is 81.9 Å². The van der Waals surface area contributed by atoms with Gasteiger partial charge in [-0.1, -0.05) is 35.3 Å². The van der Waals surface area contributed by atoms with Crippen LogP contribution < -0.4 is 43.1 Å². The third kappa shape index (κ3) is 12.8. The zero-order valence-corrected chi connectivity index (χ0v) is 47.3. The first kappa shape index (κ1) is 61.5. The second kappa shape index (κ2) is 23.9. The first-order chi connectivity index (χ1) is 40.1. The molecule has 460 valence electrons. The fraction of sp³-hybridized carbons (Fsp3) is 0.463. The van der Waals surface area contributed by atoms with Crippen LogP contribution in [0.5, 0.6) is 0 Å². The Bertz CT molecular complexity index is 3970. The number of amides is 1. The molecule has 7 aromatic rings. The standard InChI is InChI=1S/C41H52N16O24P4/c1-54-16-57(33-24(54)35(62)53-40(44)51-33)36-25(58)18(9-73-41(63)45-8-17-6-4-3-5-7-17)19(77-36)10-75-83(66,67)80-85(70,71)81-84(68,69)76-12-21-29(28(72-2)38(79-21)55-14-48-22-30(42)46-13-47-31(22)55)82(64,65)74-11-20-26(59)27(60)37(78-20)56-15-49-23-32(56)50-39(43)52-34(23)61/h3-7,13-16,18-21,25-29,36-38,58-60H,8-12H2,1-2H3,(H12-,42,43,44,45,46,47,50,51,52,53,61,62,63,64,65,66,67,68,69,70,71)/t18-,19-,20?,21-,25-,26-,27-,28-,29-,36-,37-,38-/m1/s1. The summed E-state index contributed by atoms with van der Waals surface area (Å²) >= 11 is 0. The van der Waals surface area contributed by atoms with Crippen molar-refractivity contribution in [2.24, 2.45) is 13.0 Å². The van der Waals surface area contributed by atoms with Gasteiger partial charge >= 0.3 is 35.2 Å². The number of benzene rings is 1. The number of alkyl carbamates (subject to hydrolysis) is 1. The Hall–Kier alpha value is -6.58. The molecule has 10 rings (SSSR count). The number of aliphatic hydroxyl groups is 3. The second-order valence-electron chi connectivity index (χ2n) is 19.1. The van der Waals surface area contributed by atoms with E-state index in [2.05, 4.69) is 53.8 Å². The van der Waals surface area contributed by atoms with Crippen LogP contribution in [0.3, 0.4) is 0 Å². The van der Waals surface area contributed by atoms with Gasteiger partial charge in [0.25, 0.3) is 17.1 Å². The highest BCUT2D eigenvalue weighted by molar-refractivity contribution is 7.66. The van der Waals surface area contributed by atoms with Crippen molar-refractivity contribution >= 4 is 88.4 Å². The van der Waals surface area contributed by atoms with E-state index in [1.807, 2.05) is 0 Å². The van der Waals surface area contributed by atoms with Gasteiger partial charge in [0.15, 0.2) is 41.4 Å². The highest BCUT2D eigenvalue weighted by Crippen LogP contribution is 2.68. The van der Waals surface area contributed by atoms with E-state index in [4.69, 9.17) is 54.5 Å². The molecule has 1 aromatic carbocycles. The van der Waals surface area contributed by atoms with E-state index in [0.29, 0.717) is 5.56 Å². The lowest BCUT2D eigenvalue weighted by molar-refractivity contribution is -0.745. The number of carbonyl (C=O) groups is 1. The van der Waals surface area contributed by atoms with Crippen LogP contribution in [0.25, 0.3) is 33.5 Å². The van der Waals surface area contributed by atoms with E-state index in [1.165, 1.54) is 22.5 Å². The fourth-order valence-electron chi connectivity index (χ4n) is 9.76. The SMILES string of the molecule is CO[C@@H]1[C@H](P(=O)([O-])OCC2O[C@@H](n3cnc4c(=O)[nH]c(N)nc43)[C@H](O)[C@@H]2O)[C@@H](COP(=O)(O)OP(=O)(O)OP(=O)(O)OC[C@H]2O[C@@H]([n+]3cn(C)c4c(=O)[nH]c(N)nc43)[C@H](O)[C@@H]2COC(=O)NCc2ccccc2)O[C@H]1n1cnc2c(N)ncnc21. The number of aliphatic hydroxyl groups excluding tert-OH is 3. The van der Waals surface area contributed by atoms with Gasteiger partial charge in [0, 0.05) is 13.7 Å². The number of aromatic nitrogens is 12. The zero-order valence-electron chi connectivity index (χ0n) is 43.7. The minimum atomic E-state index is -6.30. The van der Waals surface area contributed by atoms with Crippen LogP contribution in [0.4, 0.5) is 22.5 Å². The summed E-state index contributed by atoms with van der Waals surface area (Å²) in [4.78, 5) is 113. The van der Waals surface area contributed by atoms with Crippen LogP contribution >= 0.6 is 31.1 Å². The number of nitrogens with one attached hydrogen (secondary N) is 3. The molecule has 3 fully saturated rings. The minimum Gasteiger partial charge on any atom is -0.778 e. The van der Waals surface area contributed by atoms with Crippen LogP contribution in [0, 0.1) is 5.92 Å². The number of imidazole rings is 3. The Labute approximate surface area is 473 Å². The molecule has 15 N–H and O–H groups in total. The number of nitrogens with two attached hydrogens (primary N) is 3. The van der Waals surface area contributed by atoms with Gasteiger partial charge in [0.05, 0.1) is 63.3 Å². The number of H-pyrrole nitrogens is 2. The van der Waals surface area contributed by atoms with Crippen molar-refractivity contribution in [3.63, 3.8) is 0 Å². The number of aromatic amines is 2. The predicted molar refractivity (Wildman–Crippen MR) is 278 cm³/mol. The molecule has 3 aliphatic rings. The molecule has 6 aromatic heterocycles. The second-order valence-corrected chi connectivity index (χ2v) is 25.6. The van der Waals surface area contributed by atoms with E-state index in [0.717, 1.165) is 35.2 Å². The van der Waals surface area contributed by atoms with Crippen molar-refractivity contribution in [2.75, 3.05) is 50.7 Å². The minimum absolute atomic E-state index is 0.0115. The molecular weight excluding hydrogens is 1220 g/mol. The molecule has 16 atom stereocenters. The topological polar surface area (TPSA) is 574 Å². The number of methoxy groups -OCH3 is 1. The number of nitrogens with zero attached hydrogens (tertiary/aromatic N) is 10. The van der Waals surface area contributed by atoms with Gasteiger partial charge in [0.1, 0.15) is 56.6 Å². The molecule has 9 heterocycles. The monoisotopic (exact) mass is 1280 g/mol. The lowest BCUT2D eigenvalue weighted by Crippen LogP contribution is -2.46. The highest BCUT2D eigenvalue weighted by atomic mass is 31.3. The van der Waals surface area contributed by atoms with Gasteiger partial charge in [-0.2, -0.15) is 13.6 Å². The van der Waals surface area contributed by atoms with Gasteiger partial charge in [-0.05, 0) is 5.56 Å². The highest BCUT2D eigenvalue weighted by Gasteiger charge is 2.55. The van der Waals surface area contributed by atoms with Crippen molar-refractivity contribution in [2.45, 2.75) is 73.6 Å². The van der Waals surface area contributed by atoms with Crippen molar-refractivity contribution in [1.29, 1.82) is 0 Å². The number of ether oxygens (including phenoxy) is 5. The van der Waals surface area contributed by atoms with Crippen molar-refractivity contribution in [3.8, 4) is 0 Å². The predicted octanol–water partition coefficient (Wildman–Crippen LogP) is -3.09. The summed E-state index contributed by atoms with van der Waals surface area (Å²) in [5.41, 5.74) is 14.0. The number of rotatable bonds is 22. The summed E-state index contributed by atoms with van der Waals surface area (Å²) in [5.74, 6) is -2.12. The molecule has 0 spiro atoms. The summed E-state index contributed by atoms with van der Waals surface area (Å²) in [5, 5.41) is 36.2. The van der Waals surface area contributed by atoms with Crippen LogP contribution in [-0.4, -0.2) is 172 Å². The van der Waals surface area contributed by atoms with Gasteiger partial charge in [0.2, 0.25) is 17.7 Å². The average molecular weight is 1280 g/mol. The van der Waals surface area contributed by atoms with E-state index in [-0.39, 0.29) is 57.8 Å². The molecule has 0 saturated carbocycles. The smallest absolute Gasteiger partial charge is 0.490 e. The Kier molecular flexibility index (Phi) is 17.3. The summed E-state index contributed by atoms with van der Waals surface area (Å²) in [7, 11) is -21.4. The number of fused-ring (bicyclic) bond motifs is 3. The van der Waals surface area contributed by atoms with Gasteiger partial charge in [-0.15, -0.1) is 0 Å². The maximum absolute atomic E-state index is 14.4. The summed E-state index contributed by atoms with van der Waals surface area (Å²) in [6.45, 7) is -4.17. The van der Waals surface area contributed by atoms with Crippen LogP contribution in [0.1, 0.15) is 24.2 Å². The van der Waals surface area contributed by atoms with Crippen LogP contribution in [0.2, 0.25) is 0 Å². The van der Waals surface area contributed by atoms with Crippen molar-refractivity contribution < 1.29 is 108 Å². The van der Waals surface area contributed by atoms with Gasteiger partial charge in [-0.3, -0.25) is 42.3 Å². The van der Waals surface area contributed by atoms with Crippen LogP contribution in [0.15, 0.2) is 65.2 Å². The normalized spacial score (nSPS) is 28.1. The van der Waals surface area contributed by atoms with E-state index in [1.54, 1.807) is 30.3 Å². The van der Waals surface area contributed by atoms with Gasteiger partial charge < -0.3 is 90.2 Å². The number of phosphoric ester groups is 2. The van der Waals surface area contributed by atoms with Crippen LogP contribution in [-0.2, 0) is 77.7 Å². The molecule has 44 heteroatoms. The quantitative estimate of drug-likeness (QED) is 0.0236. The summed E-state index contributed by atoms with van der Waals surface area (Å²) in [6, 6.07) is 8.66. The first-order valence-electron chi connectivity index (χ1n) is 24.7. The third-order valence-electron chi connectivity index (χ3n) is 13.6. The van der Waals surface area contributed by atoms with Gasteiger partial charge in [-0.25, -0.2) is 43.0 Å². The zero-order chi connectivity index (χ0) is 61.1. The lowest BCUT2D eigenvalue weighted by Gasteiger charge is -2.35. The molecule has 5 unspecified atom stereocenters. The fourth-order valence-corrected chi connectivity index (χ4v) is 15.0. The largest absolute Gasteiger partial charge is 0.778 e. The van der Waals surface area contributed by atoms with Crippen molar-refractivity contribution in [1.82, 2.24) is 58.9 Å². The molecule has 85 heavy (non-hydrogen) atoms.